The number of nitrogens with zero attached hydrogens (tertiary/aromatic N) is 3. The Morgan fingerprint density at radius 3 is 2.86 bits per heavy atom. The average molecular weight is 195 g/mol. The minimum Gasteiger partial charge on any atom is -0.476 e. The average Bonchev–Trinajstić information content (AvgIpc) is 2.43. The molecule has 0 bridgehead atoms. The Balaban J connectivity index is 2.45. The standard InChI is InChI=1S/C9H13N3O2/c1-6-8(9(13)14)10-7-5-11(2)3-4-12(6)7/h3-5H2,1-2H3,(H,13,14). The van der Waals surface area contributed by atoms with Crippen LogP contribution in [-0.4, -0.2) is 39.1 Å². The van der Waals surface area contributed by atoms with Gasteiger partial charge in [0.2, 0.25) is 0 Å². The molecule has 0 unspecified atom stereocenters. The molecule has 0 spiro atoms. The summed E-state index contributed by atoms with van der Waals surface area (Å²) < 4.78 is 1.99. The molecule has 0 fully saturated rings. The van der Waals surface area contributed by atoms with Crippen molar-refractivity contribution in [2.45, 2.75) is 20.0 Å². The number of hydrogen-bond acceptors (Lipinski definition) is 3. The van der Waals surface area contributed by atoms with Gasteiger partial charge in [-0.05, 0) is 14.0 Å². The summed E-state index contributed by atoms with van der Waals surface area (Å²) in [6, 6.07) is 0. The van der Waals surface area contributed by atoms with Crippen molar-refractivity contribution in [3.05, 3.63) is 17.2 Å². The predicted molar refractivity (Wildman–Crippen MR) is 50.3 cm³/mol. The number of imidazole rings is 1. The Morgan fingerprint density at radius 1 is 1.50 bits per heavy atom. The van der Waals surface area contributed by atoms with E-state index < -0.39 is 5.97 Å². The van der Waals surface area contributed by atoms with Gasteiger partial charge in [0.25, 0.3) is 0 Å². The van der Waals surface area contributed by atoms with Crippen LogP contribution in [0, 0.1) is 6.92 Å². The van der Waals surface area contributed by atoms with E-state index in [2.05, 4.69) is 9.88 Å². The number of carboxylic acids is 1. The maximum absolute atomic E-state index is 10.8. The van der Waals surface area contributed by atoms with E-state index in [1.54, 1.807) is 0 Å². The van der Waals surface area contributed by atoms with Crippen molar-refractivity contribution in [1.29, 1.82) is 0 Å². The van der Waals surface area contributed by atoms with Crippen LogP contribution in [0.3, 0.4) is 0 Å². The van der Waals surface area contributed by atoms with Crippen LogP contribution >= 0.6 is 0 Å². The smallest absolute Gasteiger partial charge is 0.356 e. The molecule has 0 aliphatic carbocycles. The maximum Gasteiger partial charge on any atom is 0.356 e. The first kappa shape index (κ1) is 9.21. The van der Waals surface area contributed by atoms with Crippen LogP contribution < -0.4 is 0 Å². The summed E-state index contributed by atoms with van der Waals surface area (Å²) in [5.74, 6) is -0.0827. The Labute approximate surface area is 82.0 Å². The van der Waals surface area contributed by atoms with E-state index in [1.165, 1.54) is 0 Å². The van der Waals surface area contributed by atoms with Crippen molar-refractivity contribution in [1.82, 2.24) is 14.5 Å². The molecule has 5 nitrogen and oxygen atoms in total. The van der Waals surface area contributed by atoms with Gasteiger partial charge in [0, 0.05) is 18.8 Å². The number of fused-ring (bicyclic) bond motifs is 1. The summed E-state index contributed by atoms with van der Waals surface area (Å²) in [4.78, 5) is 17.1. The zero-order chi connectivity index (χ0) is 10.3. The lowest BCUT2D eigenvalue weighted by Gasteiger charge is -2.23. The lowest BCUT2D eigenvalue weighted by molar-refractivity contribution is 0.0690. The molecule has 1 aromatic rings. The second kappa shape index (κ2) is 3.09. The molecule has 14 heavy (non-hydrogen) atoms. The second-order valence-corrected chi connectivity index (χ2v) is 3.66. The van der Waals surface area contributed by atoms with Crippen LogP contribution in [0.4, 0.5) is 0 Å². The Hall–Kier alpha value is -1.36. The molecule has 1 aliphatic rings. The number of hydrogen-bond donors (Lipinski definition) is 1. The van der Waals surface area contributed by atoms with Gasteiger partial charge in [-0.25, -0.2) is 9.78 Å². The molecule has 5 heteroatoms. The third-order valence-electron chi connectivity index (χ3n) is 2.62. The van der Waals surface area contributed by atoms with Gasteiger partial charge in [0.05, 0.1) is 6.54 Å². The van der Waals surface area contributed by atoms with E-state index >= 15 is 0 Å². The Bertz CT molecular complexity index is 384. The third kappa shape index (κ3) is 1.29. The van der Waals surface area contributed by atoms with Crippen LogP contribution in [-0.2, 0) is 13.1 Å². The SMILES string of the molecule is Cc1c(C(=O)O)nc2n1CCN(C)C2. The van der Waals surface area contributed by atoms with Crippen molar-refractivity contribution < 1.29 is 9.90 Å². The third-order valence-corrected chi connectivity index (χ3v) is 2.62. The summed E-state index contributed by atoms with van der Waals surface area (Å²) in [6.07, 6.45) is 0. The number of likely N-dealkylation sites (N-methyl/N-ethyl adjacent to an activating group) is 1. The molecule has 0 aromatic carbocycles. The molecular formula is C9H13N3O2. The van der Waals surface area contributed by atoms with Gasteiger partial charge in [-0.3, -0.25) is 4.90 Å². The molecular weight excluding hydrogens is 182 g/mol. The molecule has 1 aromatic heterocycles. The van der Waals surface area contributed by atoms with Crippen LogP contribution in [0.2, 0.25) is 0 Å². The normalized spacial score (nSPS) is 16.7. The molecule has 0 amide bonds. The summed E-state index contributed by atoms with van der Waals surface area (Å²) in [6.45, 7) is 4.32. The summed E-state index contributed by atoms with van der Waals surface area (Å²) in [5.41, 5.74) is 0.955. The second-order valence-electron chi connectivity index (χ2n) is 3.66. The van der Waals surface area contributed by atoms with E-state index in [1.807, 2.05) is 18.5 Å². The maximum atomic E-state index is 10.8. The van der Waals surface area contributed by atoms with E-state index in [4.69, 9.17) is 5.11 Å². The highest BCUT2D eigenvalue weighted by molar-refractivity contribution is 5.86. The van der Waals surface area contributed by atoms with E-state index in [-0.39, 0.29) is 5.69 Å². The monoisotopic (exact) mass is 195 g/mol. The van der Waals surface area contributed by atoms with Gasteiger partial charge in [-0.1, -0.05) is 0 Å². The van der Waals surface area contributed by atoms with E-state index in [9.17, 15) is 4.79 Å². The van der Waals surface area contributed by atoms with Gasteiger partial charge < -0.3 is 9.67 Å². The summed E-state index contributed by atoms with van der Waals surface area (Å²) >= 11 is 0. The van der Waals surface area contributed by atoms with E-state index in [0.717, 1.165) is 31.2 Å². The highest BCUT2D eigenvalue weighted by Crippen LogP contribution is 2.16. The largest absolute Gasteiger partial charge is 0.476 e. The molecule has 1 aliphatic heterocycles. The molecule has 0 radical (unpaired) electrons. The first-order valence-corrected chi connectivity index (χ1v) is 4.57. The molecule has 2 heterocycles. The zero-order valence-electron chi connectivity index (χ0n) is 8.32. The van der Waals surface area contributed by atoms with Crippen molar-refractivity contribution >= 4 is 5.97 Å². The minimum atomic E-state index is -0.938. The van der Waals surface area contributed by atoms with Gasteiger partial charge in [-0.2, -0.15) is 0 Å². The Kier molecular flexibility index (Phi) is 2.03. The Morgan fingerprint density at radius 2 is 2.21 bits per heavy atom. The molecule has 1 N–H and O–H groups in total. The fourth-order valence-electron chi connectivity index (χ4n) is 1.80. The quantitative estimate of drug-likeness (QED) is 0.701. The van der Waals surface area contributed by atoms with Gasteiger partial charge in [-0.15, -0.1) is 0 Å². The lowest BCUT2D eigenvalue weighted by Crippen LogP contribution is -2.30. The highest BCUT2D eigenvalue weighted by Gasteiger charge is 2.22. The summed E-state index contributed by atoms with van der Waals surface area (Å²) in [7, 11) is 2.01. The first-order chi connectivity index (χ1) is 6.59. The number of aromatic nitrogens is 2. The van der Waals surface area contributed by atoms with Crippen molar-refractivity contribution in [3.63, 3.8) is 0 Å². The fraction of sp³-hybridized carbons (Fsp3) is 0.556. The molecule has 76 valence electrons. The molecule has 0 atom stereocenters. The molecule has 2 rings (SSSR count). The number of rotatable bonds is 1. The van der Waals surface area contributed by atoms with Crippen LogP contribution in [0.5, 0.6) is 0 Å². The number of carboxylic acid groups (broad SMARTS) is 1. The van der Waals surface area contributed by atoms with Crippen LogP contribution in [0.1, 0.15) is 22.0 Å². The number of aromatic carboxylic acids is 1. The lowest BCUT2D eigenvalue weighted by atomic mass is 10.3. The predicted octanol–water partition coefficient (Wildman–Crippen LogP) is 0.335. The van der Waals surface area contributed by atoms with Gasteiger partial charge in [0.15, 0.2) is 5.69 Å². The van der Waals surface area contributed by atoms with Crippen molar-refractivity contribution in [2.75, 3.05) is 13.6 Å². The zero-order valence-corrected chi connectivity index (χ0v) is 8.32. The first-order valence-electron chi connectivity index (χ1n) is 4.57. The summed E-state index contributed by atoms with van der Waals surface area (Å²) in [5, 5.41) is 8.89. The number of carbonyl (C=O) groups is 1. The van der Waals surface area contributed by atoms with Crippen molar-refractivity contribution in [2.24, 2.45) is 0 Å². The van der Waals surface area contributed by atoms with Crippen molar-refractivity contribution in [3.8, 4) is 0 Å². The van der Waals surface area contributed by atoms with E-state index in [0.29, 0.717) is 0 Å². The minimum absolute atomic E-state index is 0.190. The molecule has 0 saturated heterocycles. The van der Waals surface area contributed by atoms with Gasteiger partial charge in [0.1, 0.15) is 5.82 Å². The van der Waals surface area contributed by atoms with Crippen LogP contribution in [0.15, 0.2) is 0 Å². The highest BCUT2D eigenvalue weighted by atomic mass is 16.4. The van der Waals surface area contributed by atoms with Crippen LogP contribution in [0.25, 0.3) is 0 Å². The molecule has 0 saturated carbocycles. The van der Waals surface area contributed by atoms with Gasteiger partial charge >= 0.3 is 5.97 Å². The fourth-order valence-corrected chi connectivity index (χ4v) is 1.80. The topological polar surface area (TPSA) is 58.4 Å².